The van der Waals surface area contributed by atoms with Crippen LogP contribution in [0.3, 0.4) is 0 Å². The third-order valence-corrected chi connectivity index (χ3v) is 4.14. The molecule has 0 fully saturated rings. The van der Waals surface area contributed by atoms with Crippen molar-refractivity contribution in [2.45, 2.75) is 12.7 Å². The van der Waals surface area contributed by atoms with Gasteiger partial charge in [0.05, 0.1) is 0 Å². The normalized spacial score (nSPS) is 11.4. The first-order chi connectivity index (χ1) is 14.4. The molecule has 0 saturated carbocycles. The number of halogens is 3. The van der Waals surface area contributed by atoms with Crippen LogP contribution in [0.25, 0.3) is 5.65 Å². The van der Waals surface area contributed by atoms with E-state index in [2.05, 4.69) is 30.9 Å². The smallest absolute Gasteiger partial charge is 0.365 e. The summed E-state index contributed by atoms with van der Waals surface area (Å²) in [7, 11) is 0. The van der Waals surface area contributed by atoms with Crippen molar-refractivity contribution in [2.24, 2.45) is 0 Å². The number of benzene rings is 1. The first kappa shape index (κ1) is 19.3. The number of anilines is 2. The van der Waals surface area contributed by atoms with E-state index in [0.717, 1.165) is 5.56 Å². The van der Waals surface area contributed by atoms with Gasteiger partial charge in [0.2, 0.25) is 0 Å². The van der Waals surface area contributed by atoms with E-state index in [-0.39, 0.29) is 17.4 Å². The highest BCUT2D eigenvalue weighted by Gasteiger charge is 2.37. The fourth-order valence-corrected chi connectivity index (χ4v) is 2.67. The summed E-state index contributed by atoms with van der Waals surface area (Å²) in [6.45, 7) is 0.300. The fraction of sp³-hybridized carbons (Fsp3) is 0.105. The predicted octanol–water partition coefficient (Wildman–Crippen LogP) is 3.40. The Hall–Kier alpha value is -4.02. The number of rotatable bonds is 5. The minimum atomic E-state index is -4.66. The van der Waals surface area contributed by atoms with Gasteiger partial charge in [-0.25, -0.2) is 0 Å². The van der Waals surface area contributed by atoms with Gasteiger partial charge in [-0.05, 0) is 42.0 Å². The van der Waals surface area contributed by atoms with Gasteiger partial charge in [0.15, 0.2) is 5.65 Å². The van der Waals surface area contributed by atoms with Gasteiger partial charge in [0, 0.05) is 30.2 Å². The van der Waals surface area contributed by atoms with Crippen molar-refractivity contribution >= 4 is 23.1 Å². The second-order valence-electron chi connectivity index (χ2n) is 6.25. The molecule has 3 aromatic heterocycles. The van der Waals surface area contributed by atoms with Crippen LogP contribution in [-0.4, -0.2) is 30.7 Å². The maximum absolute atomic E-state index is 13.0. The van der Waals surface area contributed by atoms with E-state index in [1.807, 2.05) is 0 Å². The third-order valence-electron chi connectivity index (χ3n) is 4.14. The molecule has 0 aliphatic rings. The van der Waals surface area contributed by atoms with Crippen LogP contribution in [0.1, 0.15) is 21.7 Å². The van der Waals surface area contributed by atoms with E-state index >= 15 is 0 Å². The van der Waals surface area contributed by atoms with E-state index < -0.39 is 12.0 Å². The number of nitrogens with zero attached hydrogens (tertiary/aromatic N) is 5. The predicted molar refractivity (Wildman–Crippen MR) is 102 cm³/mol. The maximum Gasteiger partial charge on any atom is 0.453 e. The summed E-state index contributed by atoms with van der Waals surface area (Å²) in [5, 5.41) is 16.2. The van der Waals surface area contributed by atoms with E-state index in [1.165, 1.54) is 12.1 Å². The molecule has 2 N–H and O–H groups in total. The number of alkyl halides is 3. The van der Waals surface area contributed by atoms with E-state index in [4.69, 9.17) is 0 Å². The number of hydrogen-bond donors (Lipinski definition) is 2. The quantitative estimate of drug-likeness (QED) is 0.521. The molecule has 0 saturated heterocycles. The minimum Gasteiger partial charge on any atom is -0.365 e. The van der Waals surface area contributed by atoms with Crippen molar-refractivity contribution in [3.05, 3.63) is 77.9 Å². The summed E-state index contributed by atoms with van der Waals surface area (Å²) in [5.74, 6) is -1.22. The molecule has 11 heteroatoms. The molecule has 3 heterocycles. The molecular formula is C19H14F3N7O. The molecule has 4 rings (SSSR count). The van der Waals surface area contributed by atoms with Crippen LogP contribution in [0.5, 0.6) is 0 Å². The summed E-state index contributed by atoms with van der Waals surface area (Å²) in [4.78, 5) is 16.1. The van der Waals surface area contributed by atoms with Crippen molar-refractivity contribution in [3.8, 4) is 0 Å². The summed E-state index contributed by atoms with van der Waals surface area (Å²) in [5.41, 5.74) is 1.92. The molecule has 30 heavy (non-hydrogen) atoms. The van der Waals surface area contributed by atoms with Crippen LogP contribution in [-0.2, 0) is 12.7 Å². The van der Waals surface area contributed by atoms with Crippen molar-refractivity contribution in [3.63, 3.8) is 0 Å². The Morgan fingerprint density at radius 1 is 0.967 bits per heavy atom. The standard InChI is InChI=1S/C19H14F3N7O/c20-19(21,22)18-27-26-16-6-5-15(28-29(16)18)24-11-12-1-3-13(4-2-12)17(30)25-14-7-9-23-10-8-14/h1-10H,11H2,(H,24,28)(H,23,25,30). The van der Waals surface area contributed by atoms with Gasteiger partial charge < -0.3 is 10.6 Å². The summed E-state index contributed by atoms with van der Waals surface area (Å²) in [6, 6.07) is 13.1. The molecule has 0 bridgehead atoms. The van der Waals surface area contributed by atoms with Crippen LogP contribution in [0.2, 0.25) is 0 Å². The highest BCUT2D eigenvalue weighted by atomic mass is 19.4. The van der Waals surface area contributed by atoms with Crippen LogP contribution < -0.4 is 10.6 Å². The van der Waals surface area contributed by atoms with E-state index in [0.29, 0.717) is 22.3 Å². The van der Waals surface area contributed by atoms with Crippen molar-refractivity contribution < 1.29 is 18.0 Å². The van der Waals surface area contributed by atoms with Crippen LogP contribution >= 0.6 is 0 Å². The molecule has 8 nitrogen and oxygen atoms in total. The molecule has 0 spiro atoms. The number of amides is 1. The highest BCUT2D eigenvalue weighted by molar-refractivity contribution is 6.04. The zero-order valence-corrected chi connectivity index (χ0v) is 15.3. The topological polar surface area (TPSA) is 97.1 Å². The van der Waals surface area contributed by atoms with E-state index in [9.17, 15) is 18.0 Å². The maximum atomic E-state index is 13.0. The van der Waals surface area contributed by atoms with E-state index in [1.54, 1.807) is 48.8 Å². The number of nitrogens with one attached hydrogen (secondary N) is 2. The lowest BCUT2D eigenvalue weighted by molar-refractivity contribution is -0.146. The number of carbonyl (C=O) groups excluding carboxylic acids is 1. The average Bonchev–Trinajstić information content (AvgIpc) is 3.17. The second-order valence-corrected chi connectivity index (χ2v) is 6.25. The lowest BCUT2D eigenvalue weighted by Gasteiger charge is -2.09. The van der Waals surface area contributed by atoms with Crippen molar-refractivity contribution in [2.75, 3.05) is 10.6 Å². The van der Waals surface area contributed by atoms with Crippen molar-refractivity contribution in [1.82, 2.24) is 24.8 Å². The Balaban J connectivity index is 1.42. The van der Waals surface area contributed by atoms with Gasteiger partial charge in [-0.15, -0.1) is 15.3 Å². The number of fused-ring (bicyclic) bond motifs is 1. The largest absolute Gasteiger partial charge is 0.453 e. The zero-order chi connectivity index (χ0) is 21.1. The monoisotopic (exact) mass is 413 g/mol. The van der Waals surface area contributed by atoms with Gasteiger partial charge in [-0.1, -0.05) is 12.1 Å². The van der Waals surface area contributed by atoms with Gasteiger partial charge in [0.1, 0.15) is 5.82 Å². The zero-order valence-electron chi connectivity index (χ0n) is 15.3. The lowest BCUT2D eigenvalue weighted by Crippen LogP contribution is -2.13. The molecule has 1 amide bonds. The summed E-state index contributed by atoms with van der Waals surface area (Å²) < 4.78 is 39.5. The van der Waals surface area contributed by atoms with Crippen LogP contribution in [0, 0.1) is 0 Å². The Kier molecular flexibility index (Phi) is 5.00. The van der Waals surface area contributed by atoms with Crippen molar-refractivity contribution in [1.29, 1.82) is 0 Å². The van der Waals surface area contributed by atoms with Gasteiger partial charge in [-0.3, -0.25) is 9.78 Å². The molecular weight excluding hydrogens is 399 g/mol. The highest BCUT2D eigenvalue weighted by Crippen LogP contribution is 2.27. The minimum absolute atomic E-state index is 0.00237. The first-order valence-corrected chi connectivity index (χ1v) is 8.74. The van der Waals surface area contributed by atoms with Crippen LogP contribution in [0.4, 0.5) is 24.7 Å². The number of pyridine rings is 1. The van der Waals surface area contributed by atoms with Crippen LogP contribution in [0.15, 0.2) is 60.9 Å². The fourth-order valence-electron chi connectivity index (χ4n) is 2.67. The summed E-state index contributed by atoms with van der Waals surface area (Å²) >= 11 is 0. The molecule has 0 atom stereocenters. The molecule has 152 valence electrons. The Labute approximate surface area is 167 Å². The summed E-state index contributed by atoms with van der Waals surface area (Å²) in [6.07, 6.45) is -1.50. The first-order valence-electron chi connectivity index (χ1n) is 8.74. The van der Waals surface area contributed by atoms with Gasteiger partial charge >= 0.3 is 6.18 Å². The molecule has 0 radical (unpaired) electrons. The Bertz CT molecular complexity index is 1170. The van der Waals surface area contributed by atoms with Gasteiger partial charge in [0.25, 0.3) is 11.7 Å². The third kappa shape index (κ3) is 4.19. The molecule has 0 unspecified atom stereocenters. The second kappa shape index (κ2) is 7.78. The number of aromatic nitrogens is 5. The molecule has 0 aliphatic carbocycles. The Morgan fingerprint density at radius 2 is 1.70 bits per heavy atom. The molecule has 4 aromatic rings. The molecule has 1 aromatic carbocycles. The lowest BCUT2D eigenvalue weighted by atomic mass is 10.1. The molecule has 0 aliphatic heterocycles. The number of carbonyl (C=O) groups is 1. The average molecular weight is 413 g/mol. The SMILES string of the molecule is O=C(Nc1ccncc1)c1ccc(CNc2ccc3nnc(C(F)(F)F)n3n2)cc1. The Morgan fingerprint density at radius 3 is 2.40 bits per heavy atom. The van der Waals surface area contributed by atoms with Gasteiger partial charge in [-0.2, -0.15) is 17.7 Å². The number of hydrogen-bond acceptors (Lipinski definition) is 6.